The summed E-state index contributed by atoms with van der Waals surface area (Å²) in [6.07, 6.45) is 21.7. The quantitative estimate of drug-likeness (QED) is 0.179. The highest BCUT2D eigenvalue weighted by Crippen LogP contribution is 1.96. The van der Waals surface area contributed by atoms with E-state index in [1.807, 2.05) is 0 Å². The third kappa shape index (κ3) is 21.5. The minimum Gasteiger partial charge on any atom is -0.391 e. The highest BCUT2D eigenvalue weighted by molar-refractivity contribution is 4.94. The summed E-state index contributed by atoms with van der Waals surface area (Å²) in [5.74, 6) is 0. The predicted molar refractivity (Wildman–Crippen MR) is 131 cm³/mol. The minimum atomic E-state index is -0.332. The summed E-state index contributed by atoms with van der Waals surface area (Å²) in [7, 11) is 2.09. The van der Waals surface area contributed by atoms with Crippen molar-refractivity contribution < 1.29 is 10.2 Å². The van der Waals surface area contributed by atoms with Crippen LogP contribution in [-0.2, 0) is 0 Å². The second-order valence-corrected chi connectivity index (χ2v) is 7.66. The first-order chi connectivity index (χ1) is 14.6. The van der Waals surface area contributed by atoms with Gasteiger partial charge in [-0.15, -0.1) is 0 Å². The Morgan fingerprint density at radius 3 is 1.47 bits per heavy atom. The van der Waals surface area contributed by atoms with E-state index in [9.17, 15) is 10.2 Å². The van der Waals surface area contributed by atoms with Crippen molar-refractivity contribution >= 4 is 0 Å². The van der Waals surface area contributed by atoms with Gasteiger partial charge in [-0.05, 0) is 45.6 Å². The first-order valence-corrected chi connectivity index (χ1v) is 11.7. The Hall–Kier alpha value is -1.24. The molecule has 0 fully saturated rings. The molecule has 5 nitrogen and oxygen atoms in total. The molecule has 2 unspecified atom stereocenters. The van der Waals surface area contributed by atoms with E-state index in [2.05, 4.69) is 85.0 Å². The van der Waals surface area contributed by atoms with E-state index in [1.54, 1.807) is 0 Å². The van der Waals surface area contributed by atoms with Crippen molar-refractivity contribution in [3.63, 3.8) is 0 Å². The molecule has 0 saturated carbocycles. The van der Waals surface area contributed by atoms with Crippen molar-refractivity contribution in [2.45, 2.75) is 64.6 Å². The van der Waals surface area contributed by atoms with Gasteiger partial charge in [-0.2, -0.15) is 0 Å². The van der Waals surface area contributed by atoms with E-state index in [0.717, 1.165) is 51.9 Å². The Morgan fingerprint density at radius 2 is 1.07 bits per heavy atom. The van der Waals surface area contributed by atoms with Gasteiger partial charge in [0.25, 0.3) is 0 Å². The van der Waals surface area contributed by atoms with Gasteiger partial charge in [-0.1, -0.05) is 62.5 Å². The first kappa shape index (κ1) is 28.8. The smallest absolute Gasteiger partial charge is 0.0698 e. The maximum atomic E-state index is 9.97. The van der Waals surface area contributed by atoms with Crippen LogP contribution in [0.4, 0.5) is 0 Å². The SMILES string of the molecule is CC/C=C\C/C=C\CC(O)CNCCN(C)CCNCC(O)C/C=C\C/C=C\CC. The molecule has 0 saturated heterocycles. The maximum absolute atomic E-state index is 9.97. The van der Waals surface area contributed by atoms with E-state index in [1.165, 1.54) is 0 Å². The van der Waals surface area contributed by atoms with Gasteiger partial charge in [0.1, 0.15) is 0 Å². The topological polar surface area (TPSA) is 67.8 Å². The van der Waals surface area contributed by atoms with Crippen LogP contribution >= 0.6 is 0 Å². The Kier molecular flexibility index (Phi) is 21.5. The van der Waals surface area contributed by atoms with E-state index in [-0.39, 0.29) is 12.2 Å². The van der Waals surface area contributed by atoms with Crippen molar-refractivity contribution in [2.75, 3.05) is 46.3 Å². The van der Waals surface area contributed by atoms with E-state index in [0.29, 0.717) is 25.9 Å². The summed E-state index contributed by atoms with van der Waals surface area (Å²) in [5, 5.41) is 26.6. The lowest BCUT2D eigenvalue weighted by atomic mass is 10.2. The molecule has 2 atom stereocenters. The minimum absolute atomic E-state index is 0.332. The van der Waals surface area contributed by atoms with Crippen molar-refractivity contribution in [1.29, 1.82) is 0 Å². The fraction of sp³-hybridized carbons (Fsp3) is 0.680. The van der Waals surface area contributed by atoms with Gasteiger partial charge < -0.3 is 25.7 Å². The second-order valence-electron chi connectivity index (χ2n) is 7.66. The summed E-state index contributed by atoms with van der Waals surface area (Å²) in [4.78, 5) is 2.25. The van der Waals surface area contributed by atoms with Gasteiger partial charge in [0.2, 0.25) is 0 Å². The molecular weight excluding hydrogens is 374 g/mol. The zero-order chi connectivity index (χ0) is 22.3. The standard InChI is InChI=1S/C25H47N3O2/c1-4-6-8-10-12-14-16-24(29)22-26-18-20-28(3)21-19-27-23-25(30)17-15-13-11-9-7-5-2/h6-9,12-15,24-27,29-30H,4-5,10-11,16-23H2,1-3H3/b8-6-,9-7-,14-12-,15-13-. The van der Waals surface area contributed by atoms with E-state index >= 15 is 0 Å². The molecule has 0 aliphatic heterocycles. The van der Waals surface area contributed by atoms with Crippen LogP contribution in [0.25, 0.3) is 0 Å². The molecule has 174 valence electrons. The third-order valence-corrected chi connectivity index (χ3v) is 4.60. The number of hydrogen-bond acceptors (Lipinski definition) is 5. The third-order valence-electron chi connectivity index (χ3n) is 4.60. The number of likely N-dealkylation sites (N-methyl/N-ethyl adjacent to an activating group) is 1. The van der Waals surface area contributed by atoms with Gasteiger partial charge in [0.15, 0.2) is 0 Å². The van der Waals surface area contributed by atoms with E-state index < -0.39 is 0 Å². The van der Waals surface area contributed by atoms with Gasteiger partial charge >= 0.3 is 0 Å². The number of hydrogen-bond donors (Lipinski definition) is 4. The molecule has 0 aromatic rings. The summed E-state index contributed by atoms with van der Waals surface area (Å²) in [5.41, 5.74) is 0. The number of nitrogens with zero attached hydrogens (tertiary/aromatic N) is 1. The lowest BCUT2D eigenvalue weighted by Gasteiger charge is -2.18. The number of allylic oxidation sites excluding steroid dienone is 6. The highest BCUT2D eigenvalue weighted by Gasteiger charge is 2.03. The van der Waals surface area contributed by atoms with Gasteiger partial charge in [0.05, 0.1) is 12.2 Å². The molecule has 30 heavy (non-hydrogen) atoms. The van der Waals surface area contributed by atoms with Crippen LogP contribution in [0.5, 0.6) is 0 Å². The summed E-state index contributed by atoms with van der Waals surface area (Å²) < 4.78 is 0. The molecule has 0 rings (SSSR count). The molecule has 0 aliphatic rings. The molecule has 0 heterocycles. The average molecular weight is 422 g/mol. The number of rotatable bonds is 20. The lowest BCUT2D eigenvalue weighted by Crippen LogP contribution is -2.37. The monoisotopic (exact) mass is 421 g/mol. The van der Waals surface area contributed by atoms with Gasteiger partial charge in [-0.3, -0.25) is 0 Å². The number of aliphatic hydroxyl groups is 2. The predicted octanol–water partition coefficient (Wildman–Crippen LogP) is 3.42. The molecule has 0 bridgehead atoms. The molecule has 5 heteroatoms. The largest absolute Gasteiger partial charge is 0.391 e. The molecule has 0 radical (unpaired) electrons. The lowest BCUT2D eigenvalue weighted by molar-refractivity contribution is 0.171. The van der Waals surface area contributed by atoms with E-state index in [4.69, 9.17) is 0 Å². The Morgan fingerprint density at radius 1 is 0.667 bits per heavy atom. The summed E-state index contributed by atoms with van der Waals surface area (Å²) in [6, 6.07) is 0. The van der Waals surface area contributed by atoms with Crippen molar-refractivity contribution in [3.05, 3.63) is 48.6 Å². The van der Waals surface area contributed by atoms with Crippen LogP contribution in [0.2, 0.25) is 0 Å². The first-order valence-electron chi connectivity index (χ1n) is 11.7. The number of nitrogens with one attached hydrogen (secondary N) is 2. The average Bonchev–Trinajstić information content (AvgIpc) is 2.73. The van der Waals surface area contributed by atoms with Crippen LogP contribution in [0.3, 0.4) is 0 Å². The van der Waals surface area contributed by atoms with Gasteiger partial charge in [0, 0.05) is 39.3 Å². The van der Waals surface area contributed by atoms with Crippen molar-refractivity contribution in [1.82, 2.24) is 15.5 Å². The van der Waals surface area contributed by atoms with Gasteiger partial charge in [-0.25, -0.2) is 0 Å². The molecule has 0 aromatic heterocycles. The Labute approximate surface area is 185 Å². The zero-order valence-corrected chi connectivity index (χ0v) is 19.6. The fourth-order valence-corrected chi connectivity index (χ4v) is 2.74. The number of aliphatic hydroxyl groups excluding tert-OH is 2. The summed E-state index contributed by atoms with van der Waals surface area (Å²) in [6.45, 7) is 9.08. The zero-order valence-electron chi connectivity index (χ0n) is 19.6. The molecule has 0 spiro atoms. The highest BCUT2D eigenvalue weighted by atomic mass is 16.3. The second kappa shape index (κ2) is 22.4. The summed E-state index contributed by atoms with van der Waals surface area (Å²) >= 11 is 0. The van der Waals surface area contributed by atoms with Crippen LogP contribution in [-0.4, -0.2) is 73.6 Å². The molecule has 4 N–H and O–H groups in total. The van der Waals surface area contributed by atoms with Crippen molar-refractivity contribution in [2.24, 2.45) is 0 Å². The Balaban J connectivity index is 3.57. The Bertz CT molecular complexity index is 433. The molecular formula is C25H47N3O2. The maximum Gasteiger partial charge on any atom is 0.0698 e. The normalized spacial score (nSPS) is 14.9. The molecule has 0 amide bonds. The van der Waals surface area contributed by atoms with Crippen LogP contribution in [0.1, 0.15) is 52.4 Å². The van der Waals surface area contributed by atoms with Crippen LogP contribution < -0.4 is 10.6 Å². The van der Waals surface area contributed by atoms with Crippen molar-refractivity contribution in [3.8, 4) is 0 Å². The molecule has 0 aromatic carbocycles. The van der Waals surface area contributed by atoms with Crippen LogP contribution in [0, 0.1) is 0 Å². The molecule has 0 aliphatic carbocycles. The fourth-order valence-electron chi connectivity index (χ4n) is 2.74. The van der Waals surface area contributed by atoms with Crippen LogP contribution in [0.15, 0.2) is 48.6 Å².